The lowest BCUT2D eigenvalue weighted by Crippen LogP contribution is -2.71. The summed E-state index contributed by atoms with van der Waals surface area (Å²) >= 11 is 0. The summed E-state index contributed by atoms with van der Waals surface area (Å²) in [5.41, 5.74) is 10.0. The first-order chi connectivity index (χ1) is 18.9. The van der Waals surface area contributed by atoms with E-state index in [9.17, 15) is 27.6 Å². The van der Waals surface area contributed by atoms with E-state index >= 15 is 0 Å². The molecule has 13 heteroatoms. The molecule has 1 aliphatic heterocycles. The highest BCUT2D eigenvalue weighted by atomic mass is 19.4. The second kappa shape index (κ2) is 14.9. The molecule has 0 aromatic heterocycles. The number of nitrogens with two attached hydrogens (primary N) is 1. The maximum Gasteiger partial charge on any atom is 0.430 e. The van der Waals surface area contributed by atoms with E-state index in [0.717, 1.165) is 30.5 Å². The Morgan fingerprint density at radius 3 is 2.02 bits per heavy atom. The van der Waals surface area contributed by atoms with Gasteiger partial charge in [0, 0.05) is 13.0 Å². The van der Waals surface area contributed by atoms with Crippen molar-refractivity contribution in [2.45, 2.75) is 56.5 Å². The molecule has 218 valence electrons. The molecule has 2 aromatic rings. The Morgan fingerprint density at radius 1 is 1.02 bits per heavy atom. The average Bonchev–Trinajstić information content (AvgIpc) is 2.90. The van der Waals surface area contributed by atoms with E-state index < -0.39 is 35.7 Å². The number of benzene rings is 2. The number of carboxylic acids is 1. The number of hydrogen-bond donors (Lipinski definition) is 3. The Bertz CT molecular complexity index is 1130. The summed E-state index contributed by atoms with van der Waals surface area (Å²) in [5.74, 6) is -3.97. The van der Waals surface area contributed by atoms with E-state index in [4.69, 9.17) is 20.4 Å². The number of ether oxygens (including phenoxy) is 1. The van der Waals surface area contributed by atoms with Gasteiger partial charge in [-0.3, -0.25) is 14.5 Å². The molecule has 3 amide bonds. The number of aliphatic carboxylic acids is 1. The van der Waals surface area contributed by atoms with Crippen LogP contribution in [0.25, 0.3) is 0 Å². The third-order valence-electron chi connectivity index (χ3n) is 6.33. The number of nitrogens with one attached hydrogen (secondary N) is 1. The number of rotatable bonds is 11. The van der Waals surface area contributed by atoms with Crippen LogP contribution in [-0.2, 0) is 32.1 Å². The van der Waals surface area contributed by atoms with Crippen LogP contribution in [0.5, 0.6) is 0 Å². The first-order valence-electron chi connectivity index (χ1n) is 12.6. The van der Waals surface area contributed by atoms with Crippen LogP contribution < -0.4 is 21.9 Å². The first-order valence-corrected chi connectivity index (χ1v) is 12.6. The van der Waals surface area contributed by atoms with Gasteiger partial charge < -0.3 is 31.4 Å². The van der Waals surface area contributed by atoms with E-state index in [1.54, 1.807) is 0 Å². The molecule has 10 nitrogen and oxygen atoms in total. The van der Waals surface area contributed by atoms with Gasteiger partial charge >= 0.3 is 12.3 Å². The zero-order valence-corrected chi connectivity index (χ0v) is 21.8. The summed E-state index contributed by atoms with van der Waals surface area (Å²) in [7, 11) is 0. The molecule has 0 saturated carbocycles. The Balaban J connectivity index is 0.000000708. The summed E-state index contributed by atoms with van der Waals surface area (Å²) in [6, 6.07) is 18.1. The molecule has 1 unspecified atom stereocenters. The van der Waals surface area contributed by atoms with Crippen molar-refractivity contribution in [1.29, 1.82) is 0 Å². The van der Waals surface area contributed by atoms with Gasteiger partial charge in [-0.15, -0.1) is 0 Å². The van der Waals surface area contributed by atoms with Crippen LogP contribution in [-0.4, -0.2) is 59.6 Å². The lowest BCUT2D eigenvalue weighted by molar-refractivity contribution is -0.368. The maximum atomic E-state index is 13.5. The zero-order valence-electron chi connectivity index (χ0n) is 21.8. The largest absolute Gasteiger partial charge is 0.542 e. The maximum absolute atomic E-state index is 13.5. The number of primary amides is 1. The molecule has 3 rings (SSSR count). The van der Waals surface area contributed by atoms with Crippen molar-refractivity contribution < 1.29 is 47.9 Å². The van der Waals surface area contributed by atoms with E-state index in [0.29, 0.717) is 25.8 Å². The van der Waals surface area contributed by atoms with Crippen molar-refractivity contribution in [2.75, 3.05) is 13.1 Å². The van der Waals surface area contributed by atoms with E-state index in [-0.39, 0.29) is 12.5 Å². The zero-order chi connectivity index (χ0) is 29.8. The highest BCUT2D eigenvalue weighted by Crippen LogP contribution is 2.35. The number of unbranched alkanes of at least 4 members (excludes halogenated alkanes) is 1. The topological polar surface area (TPSA) is 170 Å². The smallest absolute Gasteiger partial charge is 0.430 e. The molecule has 1 saturated heterocycles. The highest BCUT2D eigenvalue weighted by molar-refractivity contribution is 5.95. The number of likely N-dealkylation sites (tertiary alicyclic amines) is 1. The average molecular weight is 567 g/mol. The first kappa shape index (κ1) is 32.1. The van der Waals surface area contributed by atoms with Gasteiger partial charge in [-0.1, -0.05) is 60.7 Å². The third-order valence-corrected chi connectivity index (χ3v) is 6.33. The van der Waals surface area contributed by atoms with E-state index in [1.165, 1.54) is 4.90 Å². The molecule has 40 heavy (non-hydrogen) atoms. The molecule has 0 spiro atoms. The summed E-state index contributed by atoms with van der Waals surface area (Å²) in [6.07, 6.45) is -2.94. The molecule has 0 aliphatic carbocycles. The quantitative estimate of drug-likeness (QED) is 0.338. The Labute approximate surface area is 229 Å². The number of alkyl halides is 3. The SMILES string of the molecule is NC(=O)[C@H](CCCC[NH3+])NC(=O)C1(Cc2ccccc2)CCN1C(=O)OCc1ccccc1.O=C([O-])C(F)(F)F. The van der Waals surface area contributed by atoms with Crippen LogP contribution in [0.2, 0.25) is 0 Å². The standard InChI is InChI=1S/C25H32N4O4.C2HF3O2/c26-15-8-7-13-21(22(27)30)28-23(31)25(17-19-9-3-1-4-10-19)14-16-29(25)24(32)33-18-20-11-5-2-6-12-20;3-2(4,5)1(6)7/h1-6,9-12,21H,7-8,13-18,26H2,(H2,27,30)(H,28,31);(H,6,7)/t21-,25?;/m0./s1. The predicted molar refractivity (Wildman–Crippen MR) is 135 cm³/mol. The third kappa shape index (κ3) is 9.26. The Hall–Kier alpha value is -4.13. The number of amides is 3. The number of carboxylic acid groups (broad SMARTS) is 1. The van der Waals surface area contributed by atoms with Crippen molar-refractivity contribution in [2.24, 2.45) is 5.73 Å². The molecular weight excluding hydrogens is 533 g/mol. The summed E-state index contributed by atoms with van der Waals surface area (Å²) in [5, 5.41) is 11.6. The normalized spacial score (nSPS) is 16.9. The van der Waals surface area contributed by atoms with Crippen molar-refractivity contribution >= 4 is 23.9 Å². The fourth-order valence-corrected chi connectivity index (χ4v) is 4.09. The fourth-order valence-electron chi connectivity index (χ4n) is 4.09. The van der Waals surface area contributed by atoms with Gasteiger partial charge in [0.2, 0.25) is 11.8 Å². The molecule has 1 fully saturated rings. The monoisotopic (exact) mass is 566 g/mol. The minimum Gasteiger partial charge on any atom is -0.542 e. The van der Waals surface area contributed by atoms with Gasteiger partial charge in [0.25, 0.3) is 0 Å². The summed E-state index contributed by atoms with van der Waals surface area (Å²) < 4.78 is 37.1. The molecular formula is C27H33F3N4O6. The van der Waals surface area contributed by atoms with Gasteiger partial charge in [0.15, 0.2) is 0 Å². The van der Waals surface area contributed by atoms with Gasteiger partial charge in [-0.25, -0.2) is 4.79 Å². The summed E-state index contributed by atoms with van der Waals surface area (Å²) in [4.78, 5) is 48.7. The molecule has 0 bridgehead atoms. The van der Waals surface area contributed by atoms with Crippen molar-refractivity contribution in [1.82, 2.24) is 10.2 Å². The van der Waals surface area contributed by atoms with Gasteiger partial charge in [-0.05, 0) is 36.8 Å². The lowest BCUT2D eigenvalue weighted by atomic mass is 9.78. The number of halogens is 3. The minimum atomic E-state index is -5.19. The van der Waals surface area contributed by atoms with Crippen LogP contribution in [0.3, 0.4) is 0 Å². The number of hydrogen-bond acceptors (Lipinski definition) is 6. The lowest BCUT2D eigenvalue weighted by Gasteiger charge is -2.50. The molecule has 2 atom stereocenters. The Kier molecular flexibility index (Phi) is 11.9. The fraction of sp³-hybridized carbons (Fsp3) is 0.407. The molecule has 1 aliphatic rings. The second-order valence-corrected chi connectivity index (χ2v) is 9.20. The highest BCUT2D eigenvalue weighted by Gasteiger charge is 2.54. The van der Waals surface area contributed by atoms with Gasteiger partial charge in [0.05, 0.1) is 6.54 Å². The van der Waals surface area contributed by atoms with Crippen molar-refractivity contribution in [3.63, 3.8) is 0 Å². The van der Waals surface area contributed by atoms with E-state index in [1.807, 2.05) is 60.7 Å². The van der Waals surface area contributed by atoms with Crippen molar-refractivity contribution in [3.05, 3.63) is 71.8 Å². The van der Waals surface area contributed by atoms with E-state index in [2.05, 4.69) is 11.1 Å². The molecule has 6 N–H and O–H groups in total. The number of carbonyl (C=O) groups is 4. The number of carbonyl (C=O) groups excluding carboxylic acids is 4. The van der Waals surface area contributed by atoms with Crippen LogP contribution >= 0.6 is 0 Å². The molecule has 0 radical (unpaired) electrons. The van der Waals surface area contributed by atoms with Crippen LogP contribution in [0.4, 0.5) is 18.0 Å². The number of quaternary nitrogens is 1. The van der Waals surface area contributed by atoms with Crippen LogP contribution in [0.1, 0.15) is 36.8 Å². The predicted octanol–water partition coefficient (Wildman–Crippen LogP) is 0.691. The second-order valence-electron chi connectivity index (χ2n) is 9.20. The summed E-state index contributed by atoms with van der Waals surface area (Å²) in [6.45, 7) is 1.27. The van der Waals surface area contributed by atoms with Crippen LogP contribution in [0.15, 0.2) is 60.7 Å². The van der Waals surface area contributed by atoms with Gasteiger partial charge in [0.1, 0.15) is 24.2 Å². The number of nitrogens with zero attached hydrogens (tertiary/aromatic N) is 1. The van der Waals surface area contributed by atoms with Crippen LogP contribution in [0, 0.1) is 0 Å². The molecule has 2 aromatic carbocycles. The minimum absolute atomic E-state index is 0.119. The Morgan fingerprint density at radius 2 is 1.57 bits per heavy atom. The molecule has 1 heterocycles. The van der Waals surface area contributed by atoms with Gasteiger partial charge in [-0.2, -0.15) is 13.2 Å². The van der Waals surface area contributed by atoms with Crippen molar-refractivity contribution in [3.8, 4) is 0 Å².